The summed E-state index contributed by atoms with van der Waals surface area (Å²) in [5, 5.41) is 9.79. The number of aryl methyl sites for hydroxylation is 1. The van der Waals surface area contributed by atoms with Crippen LogP contribution in [0.5, 0.6) is 0 Å². The van der Waals surface area contributed by atoms with Crippen LogP contribution in [0, 0.1) is 0 Å². The summed E-state index contributed by atoms with van der Waals surface area (Å²) in [6.07, 6.45) is 3.63. The summed E-state index contributed by atoms with van der Waals surface area (Å²) in [6, 6.07) is 8.47. The Kier molecular flexibility index (Phi) is 6.70. The van der Waals surface area contributed by atoms with E-state index >= 15 is 0 Å². The number of amides is 1. The third kappa shape index (κ3) is 5.14. The first-order chi connectivity index (χ1) is 10.3. The third-order valence-electron chi connectivity index (χ3n) is 3.46. The second-order valence-corrected chi connectivity index (χ2v) is 6.12. The van der Waals surface area contributed by atoms with Crippen LogP contribution in [-0.2, 0) is 11.2 Å². The summed E-state index contributed by atoms with van der Waals surface area (Å²) in [6.45, 7) is 4.73. The first-order valence-electron chi connectivity index (χ1n) is 7.73. The van der Waals surface area contributed by atoms with Gasteiger partial charge in [0.2, 0.25) is 5.91 Å². The second-order valence-electron chi connectivity index (χ2n) is 5.21. The molecule has 0 aliphatic carbocycles. The summed E-state index contributed by atoms with van der Waals surface area (Å²) in [4.78, 5) is 11.7. The van der Waals surface area contributed by atoms with Gasteiger partial charge in [-0.05, 0) is 48.2 Å². The highest BCUT2D eigenvalue weighted by Crippen LogP contribution is 2.26. The van der Waals surface area contributed by atoms with Gasteiger partial charge in [0.25, 0.3) is 0 Å². The van der Waals surface area contributed by atoms with E-state index in [1.807, 2.05) is 0 Å². The van der Waals surface area contributed by atoms with Gasteiger partial charge >= 0.3 is 0 Å². The highest BCUT2D eigenvalue weighted by Gasteiger charge is 2.05. The van der Waals surface area contributed by atoms with Crippen molar-refractivity contribution in [2.45, 2.75) is 32.6 Å². The maximum atomic E-state index is 11.7. The molecule has 0 aliphatic heterocycles. The Labute approximate surface area is 130 Å². The Morgan fingerprint density at radius 2 is 2.05 bits per heavy atom. The third-order valence-corrected chi connectivity index (χ3v) is 4.47. The molecule has 2 rings (SSSR count). The van der Waals surface area contributed by atoms with Gasteiger partial charge in [-0.25, -0.2) is 0 Å². The maximum absolute atomic E-state index is 11.7. The van der Waals surface area contributed by atoms with E-state index in [1.54, 1.807) is 11.3 Å². The van der Waals surface area contributed by atoms with Gasteiger partial charge in [0.1, 0.15) is 0 Å². The van der Waals surface area contributed by atoms with Gasteiger partial charge in [-0.1, -0.05) is 25.1 Å². The number of benzene rings is 1. The van der Waals surface area contributed by atoms with Crippen molar-refractivity contribution in [1.82, 2.24) is 10.6 Å². The van der Waals surface area contributed by atoms with Gasteiger partial charge < -0.3 is 10.6 Å². The van der Waals surface area contributed by atoms with Crippen LogP contribution in [0.4, 0.5) is 0 Å². The quantitative estimate of drug-likeness (QED) is 0.698. The average Bonchev–Trinajstić information content (AvgIpc) is 2.91. The minimum atomic E-state index is 0.160. The molecule has 0 aliphatic rings. The van der Waals surface area contributed by atoms with Gasteiger partial charge in [-0.2, -0.15) is 0 Å². The first-order valence-corrected chi connectivity index (χ1v) is 8.61. The molecule has 1 amide bonds. The van der Waals surface area contributed by atoms with Gasteiger partial charge in [-0.3, -0.25) is 4.79 Å². The van der Waals surface area contributed by atoms with Crippen LogP contribution in [0.1, 0.15) is 31.7 Å². The summed E-state index contributed by atoms with van der Waals surface area (Å²) in [7, 11) is 0. The van der Waals surface area contributed by atoms with Gasteiger partial charge in [0, 0.05) is 24.2 Å². The number of fused-ring (bicyclic) bond motifs is 1. The zero-order valence-electron chi connectivity index (χ0n) is 12.7. The van der Waals surface area contributed by atoms with E-state index in [2.05, 4.69) is 47.2 Å². The van der Waals surface area contributed by atoms with E-state index in [4.69, 9.17) is 0 Å². The number of nitrogens with one attached hydrogen (secondary N) is 2. The van der Waals surface area contributed by atoms with Crippen molar-refractivity contribution in [2.75, 3.05) is 19.6 Å². The Balaban J connectivity index is 1.66. The van der Waals surface area contributed by atoms with Crippen LogP contribution < -0.4 is 10.6 Å². The smallest absolute Gasteiger partial charge is 0.220 e. The zero-order valence-corrected chi connectivity index (χ0v) is 13.5. The largest absolute Gasteiger partial charge is 0.355 e. The molecular formula is C17H24N2OS. The molecule has 0 atom stereocenters. The molecule has 1 aromatic carbocycles. The molecule has 1 heterocycles. The lowest BCUT2D eigenvalue weighted by Crippen LogP contribution is -2.31. The predicted octanol–water partition coefficient (Wildman–Crippen LogP) is 3.34. The number of carbonyl (C=O) groups excluding carboxylic acids is 1. The van der Waals surface area contributed by atoms with Crippen LogP contribution in [0.3, 0.4) is 0 Å². The second kappa shape index (κ2) is 8.80. The van der Waals surface area contributed by atoms with Gasteiger partial charge in [-0.15, -0.1) is 11.3 Å². The highest BCUT2D eigenvalue weighted by molar-refractivity contribution is 7.17. The number of rotatable bonds is 9. The van der Waals surface area contributed by atoms with E-state index in [0.717, 1.165) is 38.9 Å². The van der Waals surface area contributed by atoms with E-state index in [-0.39, 0.29) is 5.91 Å². The summed E-state index contributed by atoms with van der Waals surface area (Å²) < 4.78 is 1.33. The Hall–Kier alpha value is -1.39. The SMILES string of the molecule is CCCNCCNC(=O)CCCc1csc2ccccc12. The first kappa shape index (κ1) is 16.0. The lowest BCUT2D eigenvalue weighted by Gasteiger charge is -2.06. The van der Waals surface area contributed by atoms with Crippen LogP contribution in [0.2, 0.25) is 0 Å². The van der Waals surface area contributed by atoms with Crippen molar-refractivity contribution < 1.29 is 4.79 Å². The molecule has 0 saturated heterocycles. The fraction of sp³-hybridized carbons (Fsp3) is 0.471. The lowest BCUT2D eigenvalue weighted by atomic mass is 10.1. The zero-order chi connectivity index (χ0) is 14.9. The average molecular weight is 304 g/mol. The van der Waals surface area contributed by atoms with Crippen molar-refractivity contribution in [1.29, 1.82) is 0 Å². The van der Waals surface area contributed by atoms with Crippen LogP contribution in [0.25, 0.3) is 10.1 Å². The van der Waals surface area contributed by atoms with Crippen LogP contribution in [-0.4, -0.2) is 25.5 Å². The van der Waals surface area contributed by atoms with Crippen molar-refractivity contribution in [2.24, 2.45) is 0 Å². The number of hydrogen-bond acceptors (Lipinski definition) is 3. The summed E-state index contributed by atoms with van der Waals surface area (Å²) in [5.41, 5.74) is 1.37. The minimum Gasteiger partial charge on any atom is -0.355 e. The van der Waals surface area contributed by atoms with Crippen molar-refractivity contribution in [3.05, 3.63) is 35.2 Å². The number of thiophene rings is 1. The molecule has 2 N–H and O–H groups in total. The molecule has 0 radical (unpaired) electrons. The van der Waals surface area contributed by atoms with E-state index in [9.17, 15) is 4.79 Å². The highest BCUT2D eigenvalue weighted by atomic mass is 32.1. The lowest BCUT2D eigenvalue weighted by molar-refractivity contribution is -0.121. The minimum absolute atomic E-state index is 0.160. The van der Waals surface area contributed by atoms with Crippen LogP contribution >= 0.6 is 11.3 Å². The van der Waals surface area contributed by atoms with E-state index < -0.39 is 0 Å². The fourth-order valence-electron chi connectivity index (χ4n) is 2.35. The molecule has 4 heteroatoms. The van der Waals surface area contributed by atoms with Gasteiger partial charge in [0.15, 0.2) is 0 Å². The molecule has 1 aromatic heterocycles. The molecule has 2 aromatic rings. The standard InChI is InChI=1S/C17H24N2OS/c1-2-10-18-11-12-19-17(20)9-5-6-14-13-21-16-8-4-3-7-15(14)16/h3-4,7-8,13,18H,2,5-6,9-12H2,1H3,(H,19,20). The molecule has 0 fully saturated rings. The predicted molar refractivity (Wildman–Crippen MR) is 90.9 cm³/mol. The number of hydrogen-bond donors (Lipinski definition) is 2. The monoisotopic (exact) mass is 304 g/mol. The van der Waals surface area contributed by atoms with Crippen molar-refractivity contribution in [3.63, 3.8) is 0 Å². The molecule has 0 unspecified atom stereocenters. The Morgan fingerprint density at radius 1 is 1.19 bits per heavy atom. The Morgan fingerprint density at radius 3 is 2.90 bits per heavy atom. The Bertz CT molecular complexity index is 565. The molecule has 0 saturated carbocycles. The van der Waals surface area contributed by atoms with E-state index in [0.29, 0.717) is 6.42 Å². The van der Waals surface area contributed by atoms with Gasteiger partial charge in [0.05, 0.1) is 0 Å². The van der Waals surface area contributed by atoms with Crippen molar-refractivity contribution in [3.8, 4) is 0 Å². The maximum Gasteiger partial charge on any atom is 0.220 e. The summed E-state index contributed by atoms with van der Waals surface area (Å²) >= 11 is 1.79. The molecule has 3 nitrogen and oxygen atoms in total. The molecule has 21 heavy (non-hydrogen) atoms. The van der Waals surface area contributed by atoms with Crippen LogP contribution in [0.15, 0.2) is 29.6 Å². The fourth-order valence-corrected chi connectivity index (χ4v) is 3.34. The molecule has 114 valence electrons. The normalized spacial score (nSPS) is 10.9. The summed E-state index contributed by atoms with van der Waals surface area (Å²) in [5.74, 6) is 0.160. The van der Waals surface area contributed by atoms with Crippen molar-refractivity contribution >= 4 is 27.3 Å². The van der Waals surface area contributed by atoms with E-state index in [1.165, 1.54) is 15.6 Å². The molecular weight excluding hydrogens is 280 g/mol. The molecule has 0 spiro atoms. The topological polar surface area (TPSA) is 41.1 Å². The number of carbonyl (C=O) groups is 1. The molecule has 0 bridgehead atoms.